The molecule has 3 rings (SSSR count). The molecule has 1 saturated carbocycles. The Balaban J connectivity index is 2.05. The van der Waals surface area contributed by atoms with E-state index in [1.165, 1.54) is 19.3 Å². The molecular weight excluding hydrogens is 266 g/mol. The third-order valence-electron chi connectivity index (χ3n) is 5.01. The molecule has 0 bridgehead atoms. The molecule has 2 aliphatic rings. The van der Waals surface area contributed by atoms with Gasteiger partial charge in [0.05, 0.1) is 10.5 Å². The lowest BCUT2D eigenvalue weighted by Crippen LogP contribution is -2.62. The third kappa shape index (κ3) is 2.50. The first-order valence-corrected chi connectivity index (χ1v) is 7.86. The Bertz CT molecular complexity index is 530. The lowest BCUT2D eigenvalue weighted by Gasteiger charge is -2.50. The van der Waals surface area contributed by atoms with E-state index < -0.39 is 0 Å². The summed E-state index contributed by atoms with van der Waals surface area (Å²) in [6.07, 6.45) is 5.98. The lowest BCUT2D eigenvalue weighted by molar-refractivity contribution is -0.384. The molecule has 1 saturated heterocycles. The van der Waals surface area contributed by atoms with Crippen LogP contribution in [0.4, 0.5) is 11.4 Å². The van der Waals surface area contributed by atoms with Gasteiger partial charge in [0, 0.05) is 25.2 Å². The minimum atomic E-state index is -0.219. The van der Waals surface area contributed by atoms with Crippen LogP contribution in [0.5, 0.6) is 0 Å². The van der Waals surface area contributed by atoms with E-state index >= 15 is 0 Å². The number of nitrogens with zero attached hydrogens (tertiary/aromatic N) is 2. The van der Waals surface area contributed by atoms with Crippen LogP contribution in [0.2, 0.25) is 0 Å². The van der Waals surface area contributed by atoms with Crippen LogP contribution in [0, 0.1) is 17.0 Å². The number of anilines is 1. The van der Waals surface area contributed by atoms with Crippen molar-refractivity contribution in [2.75, 3.05) is 24.5 Å². The monoisotopic (exact) mass is 289 g/mol. The normalized spacial score (nSPS) is 21.5. The minimum Gasteiger partial charge on any atom is -0.358 e. The molecule has 114 valence electrons. The third-order valence-corrected chi connectivity index (χ3v) is 5.01. The molecule has 0 atom stereocenters. The average Bonchev–Trinajstić information content (AvgIpc) is 2.48. The number of nitrogens with one attached hydrogen (secondary N) is 1. The minimum absolute atomic E-state index is 0.0645. The summed E-state index contributed by atoms with van der Waals surface area (Å²) in [6, 6.07) is 5.69. The number of piperazine rings is 1. The van der Waals surface area contributed by atoms with Gasteiger partial charge in [-0.2, -0.15) is 0 Å². The molecule has 0 unspecified atom stereocenters. The van der Waals surface area contributed by atoms with Gasteiger partial charge in [-0.15, -0.1) is 0 Å². The maximum atomic E-state index is 11.5. The van der Waals surface area contributed by atoms with E-state index in [0.717, 1.165) is 43.7 Å². The van der Waals surface area contributed by atoms with Crippen molar-refractivity contribution in [3.05, 3.63) is 33.9 Å². The van der Waals surface area contributed by atoms with Crippen LogP contribution in [-0.2, 0) is 0 Å². The first-order valence-electron chi connectivity index (χ1n) is 7.86. The van der Waals surface area contributed by atoms with Gasteiger partial charge in [0.15, 0.2) is 0 Å². The predicted octanol–water partition coefficient (Wildman–Crippen LogP) is 3.02. The second-order valence-electron chi connectivity index (χ2n) is 6.31. The summed E-state index contributed by atoms with van der Waals surface area (Å²) in [5.41, 5.74) is 1.91. The Morgan fingerprint density at radius 1 is 1.29 bits per heavy atom. The van der Waals surface area contributed by atoms with Crippen LogP contribution in [-0.4, -0.2) is 30.1 Å². The van der Waals surface area contributed by atoms with Gasteiger partial charge in [-0.05, 0) is 25.8 Å². The Hall–Kier alpha value is -1.62. The van der Waals surface area contributed by atoms with E-state index in [1.54, 1.807) is 0 Å². The van der Waals surface area contributed by atoms with Crippen molar-refractivity contribution < 1.29 is 4.92 Å². The van der Waals surface area contributed by atoms with Gasteiger partial charge >= 0.3 is 0 Å². The fourth-order valence-corrected chi connectivity index (χ4v) is 3.98. The summed E-state index contributed by atoms with van der Waals surface area (Å²) >= 11 is 0. The standard InChI is InChI=1S/C16H23N3O2/c1-13-6-5-7-14(15(13)19(20)21)18-11-10-17-12-16(18)8-3-2-4-9-16/h5-7,17H,2-4,8-12H2,1H3. The number of hydrogen-bond donors (Lipinski definition) is 1. The SMILES string of the molecule is Cc1cccc(N2CCNCC23CCCCC3)c1[N+](=O)[O-]. The van der Waals surface area contributed by atoms with Crippen molar-refractivity contribution in [1.29, 1.82) is 0 Å². The summed E-state index contributed by atoms with van der Waals surface area (Å²) in [4.78, 5) is 13.6. The van der Waals surface area contributed by atoms with Gasteiger partial charge in [0.25, 0.3) is 5.69 Å². The number of aryl methyl sites for hydroxylation is 1. The van der Waals surface area contributed by atoms with E-state index in [1.807, 2.05) is 25.1 Å². The van der Waals surface area contributed by atoms with Crippen LogP contribution >= 0.6 is 0 Å². The fraction of sp³-hybridized carbons (Fsp3) is 0.625. The molecule has 5 nitrogen and oxygen atoms in total. The summed E-state index contributed by atoms with van der Waals surface area (Å²) in [5, 5.41) is 15.0. The van der Waals surface area contributed by atoms with Crippen LogP contribution in [0.3, 0.4) is 0 Å². The molecule has 0 aromatic heterocycles. The summed E-state index contributed by atoms with van der Waals surface area (Å²) < 4.78 is 0. The molecule has 1 aromatic carbocycles. The highest BCUT2D eigenvalue weighted by Crippen LogP contribution is 2.41. The molecule has 5 heteroatoms. The fourth-order valence-electron chi connectivity index (χ4n) is 3.98. The number of para-hydroxylation sites is 1. The molecule has 0 amide bonds. The predicted molar refractivity (Wildman–Crippen MR) is 83.9 cm³/mol. The number of rotatable bonds is 2. The van der Waals surface area contributed by atoms with Gasteiger partial charge in [0.1, 0.15) is 5.69 Å². The van der Waals surface area contributed by atoms with E-state index in [4.69, 9.17) is 0 Å². The number of nitro groups is 1. The average molecular weight is 289 g/mol. The van der Waals surface area contributed by atoms with Gasteiger partial charge in [-0.3, -0.25) is 10.1 Å². The Morgan fingerprint density at radius 2 is 2.05 bits per heavy atom. The van der Waals surface area contributed by atoms with Crippen molar-refractivity contribution in [2.24, 2.45) is 0 Å². The summed E-state index contributed by atoms with van der Waals surface area (Å²) in [5.74, 6) is 0. The molecule has 1 spiro atoms. The van der Waals surface area contributed by atoms with Crippen LogP contribution < -0.4 is 10.2 Å². The van der Waals surface area contributed by atoms with Gasteiger partial charge in [0.2, 0.25) is 0 Å². The highest BCUT2D eigenvalue weighted by Gasteiger charge is 2.42. The zero-order valence-electron chi connectivity index (χ0n) is 12.6. The van der Waals surface area contributed by atoms with Gasteiger partial charge in [-0.1, -0.05) is 31.4 Å². The van der Waals surface area contributed by atoms with Crippen molar-refractivity contribution in [3.8, 4) is 0 Å². The van der Waals surface area contributed by atoms with E-state index in [9.17, 15) is 10.1 Å². The molecule has 2 fully saturated rings. The second kappa shape index (κ2) is 5.64. The topological polar surface area (TPSA) is 58.4 Å². The maximum Gasteiger partial charge on any atom is 0.295 e. The number of nitro benzene ring substituents is 1. The molecule has 1 heterocycles. The smallest absolute Gasteiger partial charge is 0.295 e. The number of hydrogen-bond acceptors (Lipinski definition) is 4. The molecular formula is C16H23N3O2. The van der Waals surface area contributed by atoms with Crippen molar-refractivity contribution in [3.63, 3.8) is 0 Å². The van der Waals surface area contributed by atoms with E-state index in [0.29, 0.717) is 0 Å². The molecule has 1 aromatic rings. The van der Waals surface area contributed by atoms with Gasteiger partial charge < -0.3 is 10.2 Å². The van der Waals surface area contributed by atoms with Crippen LogP contribution in [0.25, 0.3) is 0 Å². The molecule has 1 aliphatic heterocycles. The molecule has 1 N–H and O–H groups in total. The first-order chi connectivity index (χ1) is 10.1. The zero-order valence-corrected chi connectivity index (χ0v) is 12.6. The first kappa shape index (κ1) is 14.3. The van der Waals surface area contributed by atoms with Crippen LogP contribution in [0.15, 0.2) is 18.2 Å². The Labute approximate surface area is 125 Å². The second-order valence-corrected chi connectivity index (χ2v) is 6.31. The molecule has 1 aliphatic carbocycles. The quantitative estimate of drug-likeness (QED) is 0.671. The number of benzene rings is 1. The van der Waals surface area contributed by atoms with Gasteiger partial charge in [-0.25, -0.2) is 0 Å². The van der Waals surface area contributed by atoms with Crippen LogP contribution in [0.1, 0.15) is 37.7 Å². The summed E-state index contributed by atoms with van der Waals surface area (Å²) in [7, 11) is 0. The highest BCUT2D eigenvalue weighted by molar-refractivity contribution is 5.68. The molecule has 0 radical (unpaired) electrons. The van der Waals surface area contributed by atoms with E-state index in [2.05, 4.69) is 10.2 Å². The Kier molecular flexibility index (Phi) is 3.85. The largest absolute Gasteiger partial charge is 0.358 e. The van der Waals surface area contributed by atoms with Crippen molar-refractivity contribution in [2.45, 2.75) is 44.6 Å². The lowest BCUT2D eigenvalue weighted by atomic mass is 9.78. The highest BCUT2D eigenvalue weighted by atomic mass is 16.6. The molecule has 21 heavy (non-hydrogen) atoms. The van der Waals surface area contributed by atoms with E-state index in [-0.39, 0.29) is 16.1 Å². The van der Waals surface area contributed by atoms with Crippen molar-refractivity contribution in [1.82, 2.24) is 5.32 Å². The maximum absolute atomic E-state index is 11.5. The zero-order chi connectivity index (χ0) is 14.9. The Morgan fingerprint density at radius 3 is 2.76 bits per heavy atom. The summed E-state index contributed by atoms with van der Waals surface area (Å²) in [6.45, 7) is 4.52. The van der Waals surface area contributed by atoms with Crippen molar-refractivity contribution >= 4 is 11.4 Å².